The lowest BCUT2D eigenvalue weighted by Gasteiger charge is -2.28. The van der Waals surface area contributed by atoms with E-state index in [4.69, 9.17) is 0 Å². The zero-order valence-corrected chi connectivity index (χ0v) is 10.8. The molecular weight excluding hydrogens is 202 g/mol. The number of carbonyl (C=O) groups excluding carboxylic acids is 1. The summed E-state index contributed by atoms with van der Waals surface area (Å²) in [4.78, 5) is 12.0. The van der Waals surface area contributed by atoms with Crippen LogP contribution in [0.3, 0.4) is 0 Å². The first-order valence-corrected chi connectivity index (χ1v) is 6.46. The van der Waals surface area contributed by atoms with Crippen LogP contribution >= 0.6 is 0 Å². The molecule has 16 heavy (non-hydrogen) atoms. The highest BCUT2D eigenvalue weighted by atomic mass is 16.3. The Morgan fingerprint density at radius 3 is 2.56 bits per heavy atom. The normalized spacial score (nSPS) is 27.2. The maximum absolute atomic E-state index is 12.0. The molecule has 1 saturated carbocycles. The summed E-state index contributed by atoms with van der Waals surface area (Å²) in [7, 11) is 0. The van der Waals surface area contributed by atoms with Gasteiger partial charge in [0.05, 0.1) is 12.1 Å². The molecule has 2 N–H and O–H groups in total. The molecule has 0 aromatic rings. The molecule has 0 radical (unpaired) electrons. The molecule has 0 aromatic heterocycles. The molecule has 3 nitrogen and oxygen atoms in total. The second kappa shape index (κ2) is 5.67. The minimum atomic E-state index is -0.362. The van der Waals surface area contributed by atoms with Crippen molar-refractivity contribution in [3.63, 3.8) is 0 Å². The molecule has 3 heteroatoms. The molecule has 0 bridgehead atoms. The van der Waals surface area contributed by atoms with Crippen LogP contribution in [0.25, 0.3) is 0 Å². The lowest BCUT2D eigenvalue weighted by molar-refractivity contribution is -0.131. The van der Waals surface area contributed by atoms with Gasteiger partial charge in [-0.15, -0.1) is 0 Å². The Hall–Kier alpha value is -0.570. The number of amides is 1. The van der Waals surface area contributed by atoms with Gasteiger partial charge >= 0.3 is 0 Å². The van der Waals surface area contributed by atoms with Crippen molar-refractivity contribution in [1.29, 1.82) is 0 Å². The van der Waals surface area contributed by atoms with Crippen molar-refractivity contribution >= 4 is 5.91 Å². The van der Waals surface area contributed by atoms with Gasteiger partial charge in [-0.2, -0.15) is 0 Å². The minimum Gasteiger partial charge on any atom is -0.391 e. The second-order valence-electron chi connectivity index (χ2n) is 5.52. The highest BCUT2D eigenvalue weighted by Gasteiger charge is 2.30. The van der Waals surface area contributed by atoms with Crippen LogP contribution in [0.1, 0.15) is 59.3 Å². The number of rotatable bonds is 3. The molecule has 2 atom stereocenters. The van der Waals surface area contributed by atoms with Gasteiger partial charge in [-0.05, 0) is 19.3 Å². The van der Waals surface area contributed by atoms with Gasteiger partial charge in [0.1, 0.15) is 0 Å². The first-order valence-electron chi connectivity index (χ1n) is 6.46. The van der Waals surface area contributed by atoms with Crippen LogP contribution in [0.2, 0.25) is 0 Å². The molecule has 0 aromatic carbocycles. The van der Waals surface area contributed by atoms with E-state index in [0.717, 1.165) is 32.1 Å². The summed E-state index contributed by atoms with van der Waals surface area (Å²) in [6.07, 6.45) is 5.53. The van der Waals surface area contributed by atoms with Gasteiger partial charge in [0.2, 0.25) is 5.91 Å². The van der Waals surface area contributed by atoms with E-state index in [1.807, 2.05) is 20.8 Å². The third kappa shape index (κ3) is 3.48. The Bertz CT molecular complexity index is 238. The average molecular weight is 227 g/mol. The van der Waals surface area contributed by atoms with Gasteiger partial charge < -0.3 is 10.4 Å². The van der Waals surface area contributed by atoms with Gasteiger partial charge in [0, 0.05) is 5.41 Å². The predicted octanol–water partition coefficient (Wildman–Crippen LogP) is 2.23. The Morgan fingerprint density at radius 1 is 1.31 bits per heavy atom. The number of hydrogen-bond donors (Lipinski definition) is 2. The van der Waals surface area contributed by atoms with Crippen LogP contribution in [0, 0.1) is 5.41 Å². The van der Waals surface area contributed by atoms with Crippen molar-refractivity contribution < 1.29 is 9.90 Å². The lowest BCUT2D eigenvalue weighted by atomic mass is 9.88. The van der Waals surface area contributed by atoms with Gasteiger partial charge in [-0.1, -0.05) is 40.0 Å². The Labute approximate surface area is 98.6 Å². The quantitative estimate of drug-likeness (QED) is 0.726. The summed E-state index contributed by atoms with van der Waals surface area (Å²) >= 11 is 0. The van der Waals surface area contributed by atoms with E-state index in [9.17, 15) is 9.90 Å². The molecule has 2 unspecified atom stereocenters. The van der Waals surface area contributed by atoms with E-state index in [-0.39, 0.29) is 23.5 Å². The lowest BCUT2D eigenvalue weighted by Crippen LogP contribution is -2.47. The molecule has 94 valence electrons. The SMILES string of the molecule is CCC(C)(C)C(=O)NC1CCCCCC1O. The smallest absolute Gasteiger partial charge is 0.225 e. The third-order valence-electron chi connectivity index (χ3n) is 3.79. The molecule has 1 aliphatic rings. The number of aliphatic hydroxyl groups excluding tert-OH is 1. The minimum absolute atomic E-state index is 0.0409. The van der Waals surface area contributed by atoms with Gasteiger partial charge in [-0.25, -0.2) is 0 Å². The fourth-order valence-electron chi connectivity index (χ4n) is 1.98. The maximum Gasteiger partial charge on any atom is 0.225 e. The van der Waals surface area contributed by atoms with Crippen LogP contribution in [0.4, 0.5) is 0 Å². The fourth-order valence-corrected chi connectivity index (χ4v) is 1.98. The van der Waals surface area contributed by atoms with E-state index in [1.54, 1.807) is 0 Å². The monoisotopic (exact) mass is 227 g/mol. The molecular formula is C13H25NO2. The van der Waals surface area contributed by atoms with Gasteiger partial charge in [0.25, 0.3) is 0 Å². The predicted molar refractivity (Wildman–Crippen MR) is 65.1 cm³/mol. The Kier molecular flexibility index (Phi) is 4.78. The first kappa shape index (κ1) is 13.5. The van der Waals surface area contributed by atoms with E-state index in [1.165, 1.54) is 6.42 Å². The average Bonchev–Trinajstić information content (AvgIpc) is 2.44. The third-order valence-corrected chi connectivity index (χ3v) is 3.79. The summed E-state index contributed by atoms with van der Waals surface area (Å²) < 4.78 is 0. The van der Waals surface area contributed by atoms with Crippen LogP contribution in [0.5, 0.6) is 0 Å². The summed E-state index contributed by atoms with van der Waals surface area (Å²) in [5, 5.41) is 12.9. The molecule has 0 heterocycles. The zero-order chi connectivity index (χ0) is 12.2. The summed E-state index contributed by atoms with van der Waals surface area (Å²) in [6.45, 7) is 5.92. The highest BCUT2D eigenvalue weighted by molar-refractivity contribution is 5.82. The van der Waals surface area contributed by atoms with Crippen LogP contribution in [-0.2, 0) is 4.79 Å². The molecule has 1 fully saturated rings. The van der Waals surface area contributed by atoms with Crippen molar-refractivity contribution in [2.45, 2.75) is 71.4 Å². The van der Waals surface area contributed by atoms with Crippen molar-refractivity contribution in [1.82, 2.24) is 5.32 Å². The Morgan fingerprint density at radius 2 is 1.94 bits per heavy atom. The van der Waals surface area contributed by atoms with E-state index < -0.39 is 0 Å². The fraction of sp³-hybridized carbons (Fsp3) is 0.923. The van der Waals surface area contributed by atoms with Crippen LogP contribution in [-0.4, -0.2) is 23.2 Å². The van der Waals surface area contributed by atoms with Crippen molar-refractivity contribution in [2.24, 2.45) is 5.41 Å². The molecule has 1 aliphatic carbocycles. The summed E-state index contributed by atoms with van der Waals surface area (Å²) in [5.74, 6) is 0.0703. The number of carbonyl (C=O) groups is 1. The maximum atomic E-state index is 12.0. The van der Waals surface area contributed by atoms with E-state index in [2.05, 4.69) is 5.32 Å². The topological polar surface area (TPSA) is 49.3 Å². The summed E-state index contributed by atoms with van der Waals surface area (Å²) in [6, 6.07) is -0.0409. The molecule has 1 amide bonds. The van der Waals surface area contributed by atoms with Crippen molar-refractivity contribution in [3.8, 4) is 0 Å². The zero-order valence-electron chi connectivity index (χ0n) is 10.8. The van der Waals surface area contributed by atoms with E-state index in [0.29, 0.717) is 0 Å². The van der Waals surface area contributed by atoms with Crippen molar-refractivity contribution in [2.75, 3.05) is 0 Å². The van der Waals surface area contributed by atoms with Gasteiger partial charge in [-0.3, -0.25) is 4.79 Å². The van der Waals surface area contributed by atoms with Gasteiger partial charge in [0.15, 0.2) is 0 Å². The summed E-state index contributed by atoms with van der Waals surface area (Å²) in [5.41, 5.74) is -0.327. The molecule has 1 rings (SSSR count). The number of aliphatic hydroxyl groups is 1. The highest BCUT2D eigenvalue weighted by Crippen LogP contribution is 2.23. The standard InChI is InChI=1S/C13H25NO2/c1-4-13(2,3)12(16)14-10-8-6-5-7-9-11(10)15/h10-11,15H,4-9H2,1-3H3,(H,14,16). The number of nitrogens with one attached hydrogen (secondary N) is 1. The molecule has 0 saturated heterocycles. The Balaban J connectivity index is 2.54. The largest absolute Gasteiger partial charge is 0.391 e. The van der Waals surface area contributed by atoms with E-state index >= 15 is 0 Å². The second-order valence-corrected chi connectivity index (χ2v) is 5.52. The molecule has 0 aliphatic heterocycles. The van der Waals surface area contributed by atoms with Crippen molar-refractivity contribution in [3.05, 3.63) is 0 Å². The van der Waals surface area contributed by atoms with Crippen LogP contribution < -0.4 is 5.32 Å². The number of hydrogen-bond acceptors (Lipinski definition) is 2. The first-order chi connectivity index (χ1) is 7.47. The van der Waals surface area contributed by atoms with Crippen LogP contribution in [0.15, 0.2) is 0 Å². The molecule has 0 spiro atoms.